The molecule has 1 aromatic carbocycles. The summed E-state index contributed by atoms with van der Waals surface area (Å²) in [6.45, 7) is 2.08. The summed E-state index contributed by atoms with van der Waals surface area (Å²) in [4.78, 5) is 10.3. The number of benzene rings is 1. The minimum atomic E-state index is 0.00758. The maximum absolute atomic E-state index is 6.00. The molecule has 0 amide bonds. The number of nitrogens with zero attached hydrogens (tertiary/aromatic N) is 3. The number of fused-ring (bicyclic) bond motifs is 1. The molecule has 0 spiro atoms. The van der Waals surface area contributed by atoms with Crippen LogP contribution in [0.5, 0.6) is 11.5 Å². The fourth-order valence-electron chi connectivity index (χ4n) is 1.94. The molecule has 0 fully saturated rings. The molecule has 0 radical (unpaired) electrons. The van der Waals surface area contributed by atoms with E-state index < -0.39 is 0 Å². The highest BCUT2D eigenvalue weighted by Crippen LogP contribution is 2.32. The Morgan fingerprint density at radius 1 is 1.26 bits per heavy atom. The summed E-state index contributed by atoms with van der Waals surface area (Å²) in [5, 5.41) is 0.935. The van der Waals surface area contributed by atoms with Gasteiger partial charge in [-0.1, -0.05) is 6.92 Å². The second kappa shape index (κ2) is 5.84. The molecule has 1 atom stereocenters. The van der Waals surface area contributed by atoms with Crippen molar-refractivity contribution < 1.29 is 9.47 Å². The highest BCUT2D eigenvalue weighted by Gasteiger charge is 2.15. The number of rotatable bonds is 5. The Hall–Kier alpha value is -1.88. The van der Waals surface area contributed by atoms with Gasteiger partial charge in [-0.05, 0) is 26.6 Å². The van der Waals surface area contributed by atoms with E-state index in [2.05, 4.69) is 16.9 Å². The smallest absolute Gasteiger partial charge is 0.165 e. The second-order valence-corrected chi connectivity index (χ2v) is 4.53. The van der Waals surface area contributed by atoms with E-state index in [4.69, 9.17) is 9.47 Å². The molecule has 2 rings (SSSR count). The molecular weight excluding hydrogens is 242 g/mol. The molecule has 1 unspecified atom stereocenters. The van der Waals surface area contributed by atoms with Crippen LogP contribution in [0.15, 0.2) is 24.7 Å². The average molecular weight is 261 g/mol. The Morgan fingerprint density at radius 3 is 2.68 bits per heavy atom. The van der Waals surface area contributed by atoms with E-state index >= 15 is 0 Å². The van der Waals surface area contributed by atoms with Gasteiger partial charge in [-0.3, -0.25) is 4.90 Å². The van der Waals surface area contributed by atoms with Crippen LogP contribution in [0.4, 0.5) is 0 Å². The highest BCUT2D eigenvalue weighted by molar-refractivity contribution is 5.81. The van der Waals surface area contributed by atoms with Gasteiger partial charge in [0.1, 0.15) is 6.33 Å². The van der Waals surface area contributed by atoms with Crippen molar-refractivity contribution >= 4 is 10.9 Å². The van der Waals surface area contributed by atoms with E-state index in [1.165, 1.54) is 6.33 Å². The first-order valence-corrected chi connectivity index (χ1v) is 6.26. The van der Waals surface area contributed by atoms with E-state index in [9.17, 15) is 0 Å². The minimum Gasteiger partial charge on any atom is -0.493 e. The van der Waals surface area contributed by atoms with Gasteiger partial charge in [-0.15, -0.1) is 0 Å². The predicted octanol–water partition coefficient (Wildman–Crippen LogP) is 2.31. The topological polar surface area (TPSA) is 47.5 Å². The molecule has 0 aliphatic rings. The van der Waals surface area contributed by atoms with Gasteiger partial charge in [-0.25, -0.2) is 9.97 Å². The van der Waals surface area contributed by atoms with Crippen molar-refractivity contribution in [3.05, 3.63) is 24.7 Å². The van der Waals surface area contributed by atoms with Crippen LogP contribution < -0.4 is 9.47 Å². The number of hydrogen-bond acceptors (Lipinski definition) is 5. The summed E-state index contributed by atoms with van der Waals surface area (Å²) in [7, 11) is 5.61. The van der Waals surface area contributed by atoms with Gasteiger partial charge in [-0.2, -0.15) is 0 Å². The molecule has 0 saturated carbocycles. The molecule has 1 aromatic heterocycles. The lowest BCUT2D eigenvalue weighted by Gasteiger charge is -2.25. The molecule has 0 aliphatic carbocycles. The molecule has 5 heteroatoms. The van der Waals surface area contributed by atoms with Gasteiger partial charge in [0.05, 0.1) is 12.6 Å². The fraction of sp³-hybridized carbons (Fsp3) is 0.429. The van der Waals surface area contributed by atoms with E-state index in [1.807, 2.05) is 31.1 Å². The molecule has 0 N–H and O–H groups in total. The average Bonchev–Trinajstić information content (AvgIpc) is 2.43. The van der Waals surface area contributed by atoms with Crippen molar-refractivity contribution in [1.29, 1.82) is 0 Å². The van der Waals surface area contributed by atoms with Crippen molar-refractivity contribution in [3.63, 3.8) is 0 Å². The maximum Gasteiger partial charge on any atom is 0.165 e. The lowest BCUT2D eigenvalue weighted by molar-refractivity contribution is 0.0587. The summed E-state index contributed by atoms with van der Waals surface area (Å²) in [6.07, 6.45) is 4.19. The van der Waals surface area contributed by atoms with Crippen molar-refractivity contribution in [3.8, 4) is 11.5 Å². The molecule has 19 heavy (non-hydrogen) atoms. The Balaban J connectivity index is 2.40. The minimum absolute atomic E-state index is 0.00758. The SMILES string of the molecule is CCC(Oc1cc2ncncc2cc1OC)N(C)C. The Bertz CT molecular complexity index is 557. The van der Waals surface area contributed by atoms with E-state index in [0.29, 0.717) is 11.5 Å². The van der Waals surface area contributed by atoms with Gasteiger partial charge in [0, 0.05) is 17.6 Å². The zero-order valence-electron chi connectivity index (χ0n) is 11.8. The molecule has 2 aromatic rings. The van der Waals surface area contributed by atoms with Crippen molar-refractivity contribution in [1.82, 2.24) is 14.9 Å². The Kier molecular flexibility index (Phi) is 4.16. The molecule has 1 heterocycles. The zero-order valence-corrected chi connectivity index (χ0v) is 11.8. The summed E-state index contributed by atoms with van der Waals surface area (Å²) in [6, 6.07) is 3.79. The van der Waals surface area contributed by atoms with Crippen LogP contribution in [0.3, 0.4) is 0 Å². The second-order valence-electron chi connectivity index (χ2n) is 4.53. The largest absolute Gasteiger partial charge is 0.493 e. The first-order valence-electron chi connectivity index (χ1n) is 6.26. The first kappa shape index (κ1) is 13.5. The number of aromatic nitrogens is 2. The molecule has 5 nitrogen and oxygen atoms in total. The summed E-state index contributed by atoms with van der Waals surface area (Å²) in [5.41, 5.74) is 0.847. The predicted molar refractivity (Wildman–Crippen MR) is 74.5 cm³/mol. The van der Waals surface area contributed by atoms with Crippen LogP contribution in [-0.2, 0) is 0 Å². The van der Waals surface area contributed by atoms with Crippen LogP contribution in [0.1, 0.15) is 13.3 Å². The van der Waals surface area contributed by atoms with E-state index in [-0.39, 0.29) is 6.23 Å². The number of hydrogen-bond donors (Lipinski definition) is 0. The fourth-order valence-corrected chi connectivity index (χ4v) is 1.94. The summed E-state index contributed by atoms with van der Waals surface area (Å²) in [5.74, 6) is 1.40. The normalized spacial score (nSPS) is 12.7. The van der Waals surface area contributed by atoms with Gasteiger partial charge < -0.3 is 9.47 Å². The highest BCUT2D eigenvalue weighted by atomic mass is 16.5. The lowest BCUT2D eigenvalue weighted by atomic mass is 10.2. The molecular formula is C14H19N3O2. The van der Waals surface area contributed by atoms with E-state index in [0.717, 1.165) is 17.3 Å². The standard InChI is InChI=1S/C14H19N3O2/c1-5-14(17(2)3)19-13-7-11-10(6-12(13)18-4)8-15-9-16-11/h6-9,14H,5H2,1-4H3. The van der Waals surface area contributed by atoms with Gasteiger partial charge >= 0.3 is 0 Å². The number of methoxy groups -OCH3 is 1. The molecule has 0 saturated heterocycles. The summed E-state index contributed by atoms with van der Waals surface area (Å²) < 4.78 is 11.4. The van der Waals surface area contributed by atoms with Gasteiger partial charge in [0.2, 0.25) is 0 Å². The van der Waals surface area contributed by atoms with Crippen LogP contribution >= 0.6 is 0 Å². The monoisotopic (exact) mass is 261 g/mol. The van der Waals surface area contributed by atoms with Gasteiger partial charge in [0.25, 0.3) is 0 Å². The summed E-state index contributed by atoms with van der Waals surface area (Å²) >= 11 is 0. The maximum atomic E-state index is 6.00. The third-order valence-corrected chi connectivity index (χ3v) is 2.98. The third-order valence-electron chi connectivity index (χ3n) is 2.98. The Labute approximate surface area is 113 Å². The van der Waals surface area contributed by atoms with Crippen molar-refractivity contribution in [2.24, 2.45) is 0 Å². The molecule has 0 aliphatic heterocycles. The number of ether oxygens (including phenoxy) is 2. The van der Waals surface area contributed by atoms with Crippen molar-refractivity contribution in [2.45, 2.75) is 19.6 Å². The molecule has 102 valence electrons. The van der Waals surface area contributed by atoms with Crippen LogP contribution in [-0.4, -0.2) is 42.3 Å². The van der Waals surface area contributed by atoms with Crippen LogP contribution in [0, 0.1) is 0 Å². The van der Waals surface area contributed by atoms with Crippen LogP contribution in [0.2, 0.25) is 0 Å². The van der Waals surface area contributed by atoms with E-state index in [1.54, 1.807) is 13.3 Å². The lowest BCUT2D eigenvalue weighted by Crippen LogP contribution is -2.32. The molecule has 0 bridgehead atoms. The van der Waals surface area contributed by atoms with Crippen LogP contribution in [0.25, 0.3) is 10.9 Å². The first-order chi connectivity index (χ1) is 9.15. The Morgan fingerprint density at radius 2 is 2.05 bits per heavy atom. The quantitative estimate of drug-likeness (QED) is 0.773. The third kappa shape index (κ3) is 2.93. The van der Waals surface area contributed by atoms with Gasteiger partial charge in [0.15, 0.2) is 17.7 Å². The van der Waals surface area contributed by atoms with Crippen molar-refractivity contribution in [2.75, 3.05) is 21.2 Å². The zero-order chi connectivity index (χ0) is 13.8.